The highest BCUT2D eigenvalue weighted by Gasteiger charge is 2.30. The molecule has 0 aromatic heterocycles. The summed E-state index contributed by atoms with van der Waals surface area (Å²) in [5.74, 6) is 0. The van der Waals surface area contributed by atoms with Gasteiger partial charge in [-0.2, -0.15) is 4.31 Å². The minimum absolute atomic E-state index is 0.0838. The molecule has 1 atom stereocenters. The minimum atomic E-state index is -3.58. The summed E-state index contributed by atoms with van der Waals surface area (Å²) in [4.78, 5) is 0.247. The summed E-state index contributed by atoms with van der Waals surface area (Å²) < 4.78 is 32.0. The lowest BCUT2D eigenvalue weighted by Gasteiger charge is -2.30. The Bertz CT molecular complexity index is 586. The van der Waals surface area contributed by atoms with E-state index in [1.807, 2.05) is 6.92 Å². The summed E-state index contributed by atoms with van der Waals surface area (Å²) in [5.41, 5.74) is 5.98. The summed E-state index contributed by atoms with van der Waals surface area (Å²) in [7, 11) is -3.58. The third-order valence-corrected chi connectivity index (χ3v) is 5.12. The molecule has 0 aliphatic carbocycles. The number of hydrogen-bond acceptors (Lipinski definition) is 4. The molecule has 1 aromatic rings. The van der Waals surface area contributed by atoms with Crippen LogP contribution in [0.4, 0.5) is 0 Å². The van der Waals surface area contributed by atoms with Crippen LogP contribution in [0.15, 0.2) is 29.2 Å². The molecule has 0 bridgehead atoms. The number of sulfonamides is 1. The second-order valence-electron chi connectivity index (χ2n) is 4.40. The lowest BCUT2D eigenvalue weighted by Crippen LogP contribution is -2.44. The van der Waals surface area contributed by atoms with Gasteiger partial charge < -0.3 is 10.5 Å². The zero-order valence-corrected chi connectivity index (χ0v) is 12.2. The Morgan fingerprint density at radius 1 is 1.47 bits per heavy atom. The van der Waals surface area contributed by atoms with Gasteiger partial charge in [0.1, 0.15) is 4.99 Å². The van der Waals surface area contributed by atoms with E-state index in [1.165, 1.54) is 10.4 Å². The van der Waals surface area contributed by atoms with Crippen molar-refractivity contribution in [2.75, 3.05) is 19.7 Å². The molecule has 2 N–H and O–H groups in total. The fourth-order valence-electron chi connectivity index (χ4n) is 2.04. The van der Waals surface area contributed by atoms with E-state index in [0.717, 1.165) is 0 Å². The van der Waals surface area contributed by atoms with Crippen molar-refractivity contribution in [3.8, 4) is 0 Å². The monoisotopic (exact) mass is 300 g/mol. The third kappa shape index (κ3) is 2.94. The Morgan fingerprint density at radius 2 is 2.16 bits per heavy atom. The fourth-order valence-corrected chi connectivity index (χ4v) is 3.99. The number of nitrogens with zero attached hydrogens (tertiary/aromatic N) is 1. The highest BCUT2D eigenvalue weighted by Crippen LogP contribution is 2.22. The van der Waals surface area contributed by atoms with Crippen LogP contribution in [0.5, 0.6) is 0 Å². The molecule has 1 fully saturated rings. The van der Waals surface area contributed by atoms with Crippen LogP contribution in [-0.4, -0.2) is 43.5 Å². The van der Waals surface area contributed by atoms with Crippen LogP contribution in [0.1, 0.15) is 12.5 Å². The highest BCUT2D eigenvalue weighted by atomic mass is 32.2. The van der Waals surface area contributed by atoms with Gasteiger partial charge in [0.2, 0.25) is 10.0 Å². The van der Waals surface area contributed by atoms with Crippen molar-refractivity contribution >= 4 is 27.2 Å². The van der Waals surface area contributed by atoms with Crippen LogP contribution in [0, 0.1) is 0 Å². The largest absolute Gasteiger partial charge is 0.389 e. The van der Waals surface area contributed by atoms with Crippen LogP contribution < -0.4 is 5.73 Å². The summed E-state index contributed by atoms with van der Waals surface area (Å²) in [6.07, 6.45) is -0.111. The van der Waals surface area contributed by atoms with E-state index in [1.54, 1.807) is 18.2 Å². The van der Waals surface area contributed by atoms with Gasteiger partial charge in [0.05, 0.1) is 17.6 Å². The van der Waals surface area contributed by atoms with Crippen molar-refractivity contribution in [2.24, 2.45) is 5.73 Å². The second-order valence-corrected chi connectivity index (χ2v) is 6.75. The predicted octanol–water partition coefficient (Wildman–Crippen LogP) is 0.730. The van der Waals surface area contributed by atoms with Crippen molar-refractivity contribution in [1.82, 2.24) is 4.31 Å². The first-order chi connectivity index (χ1) is 8.93. The molecular formula is C12H16N2O3S2. The minimum Gasteiger partial charge on any atom is -0.389 e. The summed E-state index contributed by atoms with van der Waals surface area (Å²) in [5, 5.41) is 0. The van der Waals surface area contributed by atoms with E-state index >= 15 is 0 Å². The predicted molar refractivity (Wildman–Crippen MR) is 76.5 cm³/mol. The SMILES string of the molecule is CC1CN(S(=O)(=O)c2ccccc2C(N)=S)CCO1. The first kappa shape index (κ1) is 14.4. The summed E-state index contributed by atoms with van der Waals surface area (Å²) >= 11 is 4.91. The average molecular weight is 300 g/mol. The van der Waals surface area contributed by atoms with E-state index in [4.69, 9.17) is 22.7 Å². The maximum Gasteiger partial charge on any atom is 0.243 e. The van der Waals surface area contributed by atoms with Crippen molar-refractivity contribution in [2.45, 2.75) is 17.9 Å². The van der Waals surface area contributed by atoms with Gasteiger partial charge in [-0.25, -0.2) is 8.42 Å². The van der Waals surface area contributed by atoms with Crippen LogP contribution in [0.3, 0.4) is 0 Å². The van der Waals surface area contributed by atoms with Gasteiger partial charge in [-0.1, -0.05) is 30.4 Å². The Hall–Kier alpha value is -1.02. The van der Waals surface area contributed by atoms with E-state index < -0.39 is 10.0 Å². The van der Waals surface area contributed by atoms with Gasteiger partial charge in [-0.3, -0.25) is 0 Å². The zero-order valence-electron chi connectivity index (χ0n) is 10.6. The van der Waals surface area contributed by atoms with Crippen LogP contribution >= 0.6 is 12.2 Å². The molecule has 7 heteroatoms. The highest BCUT2D eigenvalue weighted by molar-refractivity contribution is 7.89. The number of rotatable bonds is 3. The van der Waals surface area contributed by atoms with Gasteiger partial charge in [-0.05, 0) is 13.0 Å². The van der Waals surface area contributed by atoms with E-state index in [9.17, 15) is 8.42 Å². The van der Waals surface area contributed by atoms with Gasteiger partial charge >= 0.3 is 0 Å². The van der Waals surface area contributed by atoms with Crippen molar-refractivity contribution in [3.05, 3.63) is 29.8 Å². The van der Waals surface area contributed by atoms with Crippen LogP contribution in [-0.2, 0) is 14.8 Å². The van der Waals surface area contributed by atoms with Gasteiger partial charge in [-0.15, -0.1) is 0 Å². The molecule has 1 saturated heterocycles. The standard InChI is InChI=1S/C12H16N2O3S2/c1-9-8-14(6-7-17-9)19(15,16)11-5-3-2-4-10(11)12(13)18/h2-5,9H,6-8H2,1H3,(H2,13,18). The quantitative estimate of drug-likeness (QED) is 0.833. The average Bonchev–Trinajstić information content (AvgIpc) is 2.38. The summed E-state index contributed by atoms with van der Waals surface area (Å²) in [6.45, 7) is 2.93. The van der Waals surface area contributed by atoms with E-state index in [-0.39, 0.29) is 16.0 Å². The number of nitrogens with two attached hydrogens (primary N) is 1. The number of benzene rings is 1. The molecule has 1 aliphatic rings. The Balaban J connectivity index is 2.42. The number of morpholine rings is 1. The second kappa shape index (κ2) is 5.54. The Kier molecular flexibility index (Phi) is 4.19. The molecule has 0 saturated carbocycles. The smallest absolute Gasteiger partial charge is 0.243 e. The maximum absolute atomic E-state index is 12.6. The van der Waals surface area contributed by atoms with Crippen molar-refractivity contribution in [3.63, 3.8) is 0 Å². The topological polar surface area (TPSA) is 72.6 Å². The van der Waals surface area contributed by atoms with Gasteiger partial charge in [0.15, 0.2) is 0 Å². The van der Waals surface area contributed by atoms with Gasteiger partial charge in [0, 0.05) is 18.7 Å². The molecule has 0 amide bonds. The van der Waals surface area contributed by atoms with Crippen LogP contribution in [0.2, 0.25) is 0 Å². The normalized spacial score (nSPS) is 21.2. The molecule has 1 aliphatic heterocycles. The molecule has 19 heavy (non-hydrogen) atoms. The van der Waals surface area contributed by atoms with Crippen molar-refractivity contribution in [1.29, 1.82) is 0 Å². The molecule has 2 rings (SSSR count). The van der Waals surface area contributed by atoms with Gasteiger partial charge in [0.25, 0.3) is 0 Å². The van der Waals surface area contributed by atoms with Crippen LogP contribution in [0.25, 0.3) is 0 Å². The molecule has 104 valence electrons. The maximum atomic E-state index is 12.6. The molecule has 1 aromatic carbocycles. The number of thiocarbonyl (C=S) groups is 1. The molecule has 1 unspecified atom stereocenters. The molecule has 5 nitrogen and oxygen atoms in total. The molecule has 1 heterocycles. The first-order valence-corrected chi connectivity index (χ1v) is 7.78. The van der Waals surface area contributed by atoms with E-state index in [0.29, 0.717) is 25.3 Å². The number of ether oxygens (including phenoxy) is 1. The number of hydrogen-bond donors (Lipinski definition) is 1. The Morgan fingerprint density at radius 3 is 2.79 bits per heavy atom. The molecular weight excluding hydrogens is 284 g/mol. The molecule has 0 radical (unpaired) electrons. The summed E-state index contributed by atoms with van der Waals surface area (Å²) in [6, 6.07) is 6.54. The van der Waals surface area contributed by atoms with E-state index in [2.05, 4.69) is 0 Å². The third-order valence-electron chi connectivity index (χ3n) is 2.97. The fraction of sp³-hybridized carbons (Fsp3) is 0.417. The Labute approximate surface area is 118 Å². The first-order valence-electron chi connectivity index (χ1n) is 5.93. The lowest BCUT2D eigenvalue weighted by atomic mass is 10.2. The molecule has 0 spiro atoms. The zero-order chi connectivity index (χ0) is 14.0. The lowest BCUT2D eigenvalue weighted by molar-refractivity contribution is 0.0102. The van der Waals surface area contributed by atoms with Crippen molar-refractivity contribution < 1.29 is 13.2 Å².